The average molecular weight is 297 g/mol. The van der Waals surface area contributed by atoms with Crippen LogP contribution in [-0.4, -0.2) is 36.7 Å². The lowest BCUT2D eigenvalue weighted by molar-refractivity contribution is 0.0551. The molecular formula is C16H27NO2S. The van der Waals surface area contributed by atoms with E-state index in [9.17, 15) is 5.11 Å². The van der Waals surface area contributed by atoms with Gasteiger partial charge >= 0.3 is 0 Å². The third kappa shape index (κ3) is 6.75. The van der Waals surface area contributed by atoms with Crippen LogP contribution in [0.1, 0.15) is 38.8 Å². The van der Waals surface area contributed by atoms with Crippen molar-refractivity contribution in [2.24, 2.45) is 0 Å². The van der Waals surface area contributed by atoms with Gasteiger partial charge in [0.05, 0.1) is 12.7 Å². The Morgan fingerprint density at radius 2 is 1.95 bits per heavy atom. The van der Waals surface area contributed by atoms with Gasteiger partial charge < -0.3 is 15.2 Å². The molecule has 0 amide bonds. The number of ether oxygens (including phenoxy) is 1. The molecule has 0 fully saturated rings. The SMILES string of the molecule is CCCNC(C)c1ccc(SCC(O)COCC)cc1. The van der Waals surface area contributed by atoms with Crippen LogP contribution in [0.3, 0.4) is 0 Å². The number of nitrogens with one attached hydrogen (secondary N) is 1. The minimum absolute atomic E-state index is 0.387. The van der Waals surface area contributed by atoms with Crippen molar-refractivity contribution in [3.8, 4) is 0 Å². The summed E-state index contributed by atoms with van der Waals surface area (Å²) in [5, 5.41) is 13.2. The van der Waals surface area contributed by atoms with Gasteiger partial charge in [0.25, 0.3) is 0 Å². The first kappa shape index (κ1) is 17.5. The normalized spacial score (nSPS) is 14.2. The van der Waals surface area contributed by atoms with Gasteiger partial charge in [0.2, 0.25) is 0 Å². The van der Waals surface area contributed by atoms with Gasteiger partial charge in [0, 0.05) is 23.3 Å². The zero-order valence-corrected chi connectivity index (χ0v) is 13.6. The summed E-state index contributed by atoms with van der Waals surface area (Å²) in [5.74, 6) is 0.670. The Labute approximate surface area is 127 Å². The van der Waals surface area contributed by atoms with Gasteiger partial charge in [-0.15, -0.1) is 11.8 Å². The Kier molecular flexibility index (Phi) is 8.94. The number of hydrogen-bond donors (Lipinski definition) is 2. The molecule has 0 aliphatic carbocycles. The quantitative estimate of drug-likeness (QED) is 0.651. The van der Waals surface area contributed by atoms with Gasteiger partial charge in [-0.05, 0) is 44.5 Å². The predicted octanol–water partition coefficient (Wildman–Crippen LogP) is 3.24. The van der Waals surface area contributed by atoms with Crippen LogP contribution in [-0.2, 0) is 4.74 Å². The first-order chi connectivity index (χ1) is 9.67. The van der Waals surface area contributed by atoms with Crippen LogP contribution in [0.15, 0.2) is 29.2 Å². The lowest BCUT2D eigenvalue weighted by Crippen LogP contribution is -2.19. The maximum absolute atomic E-state index is 9.73. The standard InChI is InChI=1S/C16H27NO2S/c1-4-10-17-13(3)14-6-8-16(9-7-14)20-12-15(18)11-19-5-2/h6-9,13,15,17-18H,4-5,10-12H2,1-3H3. The van der Waals surface area contributed by atoms with Crippen LogP contribution >= 0.6 is 11.8 Å². The molecule has 4 heteroatoms. The highest BCUT2D eigenvalue weighted by atomic mass is 32.2. The summed E-state index contributed by atoms with van der Waals surface area (Å²) in [4.78, 5) is 1.19. The Balaban J connectivity index is 2.38. The minimum Gasteiger partial charge on any atom is -0.390 e. The summed E-state index contributed by atoms with van der Waals surface area (Å²) in [6.07, 6.45) is 0.750. The van der Waals surface area contributed by atoms with Gasteiger partial charge in [-0.25, -0.2) is 0 Å². The number of thioether (sulfide) groups is 1. The van der Waals surface area contributed by atoms with Gasteiger partial charge in [-0.1, -0.05) is 19.1 Å². The molecule has 2 N–H and O–H groups in total. The van der Waals surface area contributed by atoms with Gasteiger partial charge in [0.1, 0.15) is 0 Å². The molecule has 0 radical (unpaired) electrons. The highest BCUT2D eigenvalue weighted by Crippen LogP contribution is 2.21. The molecule has 1 aromatic rings. The van der Waals surface area contributed by atoms with Crippen LogP contribution in [0.5, 0.6) is 0 Å². The average Bonchev–Trinajstić information content (AvgIpc) is 2.49. The van der Waals surface area contributed by atoms with Crippen LogP contribution in [0, 0.1) is 0 Å². The number of aliphatic hydroxyl groups excluding tert-OH is 1. The Hall–Kier alpha value is -0.550. The summed E-state index contributed by atoms with van der Waals surface area (Å²) < 4.78 is 5.20. The van der Waals surface area contributed by atoms with E-state index in [4.69, 9.17) is 4.74 Å². The van der Waals surface area contributed by atoms with Crippen LogP contribution < -0.4 is 5.32 Å². The van der Waals surface area contributed by atoms with Crippen LogP contribution in [0.2, 0.25) is 0 Å². The van der Waals surface area contributed by atoms with E-state index in [-0.39, 0.29) is 0 Å². The number of rotatable bonds is 10. The molecule has 0 aliphatic rings. The van der Waals surface area contributed by atoms with Crippen molar-refractivity contribution in [3.63, 3.8) is 0 Å². The van der Waals surface area contributed by atoms with Crippen molar-refractivity contribution < 1.29 is 9.84 Å². The topological polar surface area (TPSA) is 41.5 Å². The second-order valence-corrected chi connectivity index (χ2v) is 5.96. The van der Waals surface area contributed by atoms with E-state index in [2.05, 4.69) is 43.4 Å². The molecular weight excluding hydrogens is 270 g/mol. The fourth-order valence-electron chi connectivity index (χ4n) is 1.83. The molecule has 3 nitrogen and oxygen atoms in total. The van der Waals surface area contributed by atoms with Crippen molar-refractivity contribution in [1.82, 2.24) is 5.32 Å². The summed E-state index contributed by atoms with van der Waals surface area (Å²) >= 11 is 1.67. The Morgan fingerprint density at radius 3 is 2.55 bits per heavy atom. The highest BCUT2D eigenvalue weighted by molar-refractivity contribution is 7.99. The first-order valence-corrected chi connectivity index (χ1v) is 8.37. The molecule has 1 aromatic carbocycles. The van der Waals surface area contributed by atoms with Gasteiger partial charge in [-0.3, -0.25) is 0 Å². The summed E-state index contributed by atoms with van der Waals surface area (Å²) in [6.45, 7) is 8.41. The molecule has 2 atom stereocenters. The van der Waals surface area contributed by atoms with E-state index in [0.29, 0.717) is 25.0 Å². The van der Waals surface area contributed by atoms with E-state index in [1.807, 2.05) is 6.92 Å². The lowest BCUT2D eigenvalue weighted by Gasteiger charge is -2.14. The maximum atomic E-state index is 9.73. The van der Waals surface area contributed by atoms with E-state index in [1.165, 1.54) is 10.5 Å². The molecule has 0 heterocycles. The molecule has 1 rings (SSSR count). The van der Waals surface area contributed by atoms with Crippen molar-refractivity contribution in [2.75, 3.05) is 25.5 Å². The molecule has 0 aromatic heterocycles. The van der Waals surface area contributed by atoms with Gasteiger partial charge in [0.15, 0.2) is 0 Å². The van der Waals surface area contributed by atoms with E-state index < -0.39 is 6.10 Å². The Morgan fingerprint density at radius 1 is 1.25 bits per heavy atom. The largest absolute Gasteiger partial charge is 0.390 e. The van der Waals surface area contributed by atoms with E-state index >= 15 is 0 Å². The smallest absolute Gasteiger partial charge is 0.0867 e. The number of hydrogen-bond acceptors (Lipinski definition) is 4. The van der Waals surface area contributed by atoms with E-state index in [1.54, 1.807) is 11.8 Å². The third-order valence-corrected chi connectivity index (χ3v) is 4.19. The van der Waals surface area contributed by atoms with Gasteiger partial charge in [-0.2, -0.15) is 0 Å². The number of benzene rings is 1. The van der Waals surface area contributed by atoms with E-state index in [0.717, 1.165) is 13.0 Å². The summed E-state index contributed by atoms with van der Waals surface area (Å²) in [5.41, 5.74) is 1.30. The zero-order valence-electron chi connectivity index (χ0n) is 12.8. The van der Waals surface area contributed by atoms with Crippen molar-refractivity contribution in [1.29, 1.82) is 0 Å². The fraction of sp³-hybridized carbons (Fsp3) is 0.625. The number of aliphatic hydroxyl groups is 1. The maximum Gasteiger partial charge on any atom is 0.0867 e. The molecule has 114 valence electrons. The van der Waals surface area contributed by atoms with Crippen molar-refractivity contribution in [2.45, 2.75) is 44.2 Å². The second-order valence-electron chi connectivity index (χ2n) is 4.87. The molecule has 20 heavy (non-hydrogen) atoms. The monoisotopic (exact) mass is 297 g/mol. The second kappa shape index (κ2) is 10.2. The molecule has 0 bridgehead atoms. The Bertz CT molecular complexity index is 356. The molecule has 0 spiro atoms. The molecule has 0 saturated carbocycles. The predicted molar refractivity (Wildman–Crippen MR) is 86.4 cm³/mol. The molecule has 0 aliphatic heterocycles. The first-order valence-electron chi connectivity index (χ1n) is 7.39. The lowest BCUT2D eigenvalue weighted by atomic mass is 10.1. The highest BCUT2D eigenvalue weighted by Gasteiger charge is 2.07. The van der Waals surface area contributed by atoms with Crippen LogP contribution in [0.4, 0.5) is 0 Å². The summed E-state index contributed by atoms with van der Waals surface area (Å²) in [7, 11) is 0. The third-order valence-electron chi connectivity index (χ3n) is 3.04. The molecule has 2 unspecified atom stereocenters. The van der Waals surface area contributed by atoms with Crippen LogP contribution in [0.25, 0.3) is 0 Å². The minimum atomic E-state index is -0.398. The zero-order chi connectivity index (χ0) is 14.8. The fourth-order valence-corrected chi connectivity index (χ4v) is 2.64. The van der Waals surface area contributed by atoms with Crippen molar-refractivity contribution in [3.05, 3.63) is 29.8 Å². The van der Waals surface area contributed by atoms with Crippen molar-refractivity contribution >= 4 is 11.8 Å². The molecule has 0 saturated heterocycles. The summed E-state index contributed by atoms with van der Waals surface area (Å²) in [6, 6.07) is 8.95.